The van der Waals surface area contributed by atoms with Gasteiger partial charge >= 0.3 is 0 Å². The summed E-state index contributed by atoms with van der Waals surface area (Å²) in [6.07, 6.45) is 0. The molecule has 0 radical (unpaired) electrons. The van der Waals surface area contributed by atoms with E-state index in [4.69, 9.17) is 9.15 Å². The zero-order chi connectivity index (χ0) is 19.4. The highest BCUT2D eigenvalue weighted by Gasteiger charge is 2.17. The predicted octanol–water partition coefficient (Wildman–Crippen LogP) is 4.08. The van der Waals surface area contributed by atoms with E-state index in [0.717, 1.165) is 29.1 Å². The number of rotatable bonds is 8. The highest BCUT2D eigenvalue weighted by atomic mass is 32.2. The zero-order valence-corrected chi connectivity index (χ0v) is 16.8. The van der Waals surface area contributed by atoms with E-state index in [0.29, 0.717) is 17.7 Å². The van der Waals surface area contributed by atoms with E-state index in [9.17, 15) is 4.79 Å². The molecule has 2 heterocycles. The average molecular weight is 385 g/mol. The summed E-state index contributed by atoms with van der Waals surface area (Å²) in [7, 11) is 1.67. The summed E-state index contributed by atoms with van der Waals surface area (Å²) in [4.78, 5) is 12.6. The Morgan fingerprint density at radius 1 is 1.19 bits per heavy atom. The molecule has 0 aliphatic heterocycles. The molecule has 0 saturated carbocycles. The van der Waals surface area contributed by atoms with Crippen LogP contribution in [0.25, 0.3) is 11.5 Å². The molecule has 1 aromatic carbocycles. The molecule has 0 saturated heterocycles. The van der Waals surface area contributed by atoms with Crippen LogP contribution in [0.15, 0.2) is 40.0 Å². The van der Waals surface area contributed by atoms with Gasteiger partial charge in [-0.1, -0.05) is 29.5 Å². The number of aromatic nitrogens is 3. The molecule has 6 nitrogen and oxygen atoms in total. The summed E-state index contributed by atoms with van der Waals surface area (Å²) in [5, 5.41) is 8.50. The number of hydrogen-bond acceptors (Lipinski definition) is 6. The van der Waals surface area contributed by atoms with E-state index in [2.05, 4.69) is 14.8 Å². The molecular weight excluding hydrogens is 362 g/mol. The number of nitrogens with zero attached hydrogens (tertiary/aromatic N) is 3. The number of carbonyl (C=O) groups excluding carboxylic acids is 1. The molecule has 2 aromatic heterocycles. The summed E-state index contributed by atoms with van der Waals surface area (Å²) >= 11 is 1.26. The fourth-order valence-electron chi connectivity index (χ4n) is 2.90. The minimum Gasteiger partial charge on any atom is -0.411 e. The van der Waals surface area contributed by atoms with Crippen LogP contribution >= 0.6 is 11.8 Å². The quantitative estimate of drug-likeness (QED) is 0.430. The number of ketones is 1. The maximum Gasteiger partial charge on any atom is 0.277 e. The molecule has 3 aromatic rings. The van der Waals surface area contributed by atoms with Crippen molar-refractivity contribution in [3.8, 4) is 11.5 Å². The van der Waals surface area contributed by atoms with Crippen molar-refractivity contribution in [2.75, 3.05) is 19.5 Å². The van der Waals surface area contributed by atoms with Crippen molar-refractivity contribution in [2.45, 2.75) is 32.5 Å². The van der Waals surface area contributed by atoms with Crippen LogP contribution in [0.5, 0.6) is 0 Å². The Bertz CT molecular complexity index is 929. The highest BCUT2D eigenvalue weighted by Crippen LogP contribution is 2.25. The summed E-state index contributed by atoms with van der Waals surface area (Å²) in [6.45, 7) is 7.33. The monoisotopic (exact) mass is 385 g/mol. The van der Waals surface area contributed by atoms with E-state index in [1.165, 1.54) is 17.3 Å². The number of benzene rings is 1. The first-order chi connectivity index (χ1) is 13.0. The molecular formula is C20H23N3O3S. The molecule has 0 spiro atoms. The standard InChI is InChI=1S/C20H23N3O3S/c1-13-5-7-16(8-6-13)19-21-22-20(26-19)27-12-18(24)17-11-14(2)23(15(17)3)9-10-25-4/h5-8,11H,9-10,12H2,1-4H3. The van der Waals surface area contributed by atoms with E-state index in [1.54, 1.807) is 7.11 Å². The Labute approximate surface area is 162 Å². The molecule has 0 bridgehead atoms. The first-order valence-electron chi connectivity index (χ1n) is 8.72. The third-order valence-corrected chi connectivity index (χ3v) is 5.24. The van der Waals surface area contributed by atoms with E-state index in [1.807, 2.05) is 51.1 Å². The Kier molecular flexibility index (Phi) is 6.13. The second kappa shape index (κ2) is 8.54. The van der Waals surface area contributed by atoms with Gasteiger partial charge in [-0.2, -0.15) is 0 Å². The van der Waals surface area contributed by atoms with E-state index in [-0.39, 0.29) is 11.5 Å². The Balaban J connectivity index is 1.65. The SMILES string of the molecule is COCCn1c(C)cc(C(=O)CSc2nnc(-c3ccc(C)cc3)o2)c1C. The van der Waals surface area contributed by atoms with Gasteiger partial charge in [-0.15, -0.1) is 10.2 Å². The first kappa shape index (κ1) is 19.4. The molecule has 27 heavy (non-hydrogen) atoms. The van der Waals surface area contributed by atoms with Gasteiger partial charge in [0.1, 0.15) is 0 Å². The van der Waals surface area contributed by atoms with Crippen molar-refractivity contribution in [1.82, 2.24) is 14.8 Å². The van der Waals surface area contributed by atoms with Gasteiger partial charge in [-0.3, -0.25) is 4.79 Å². The van der Waals surface area contributed by atoms with Crippen LogP contribution in [-0.2, 0) is 11.3 Å². The highest BCUT2D eigenvalue weighted by molar-refractivity contribution is 7.99. The van der Waals surface area contributed by atoms with Crippen molar-refractivity contribution in [1.29, 1.82) is 0 Å². The number of ether oxygens (including phenoxy) is 1. The number of thioether (sulfide) groups is 1. The molecule has 0 atom stereocenters. The number of carbonyl (C=O) groups is 1. The second-order valence-corrected chi connectivity index (χ2v) is 7.31. The van der Waals surface area contributed by atoms with Crippen molar-refractivity contribution >= 4 is 17.5 Å². The summed E-state index contributed by atoms with van der Waals surface area (Å²) in [5.41, 5.74) is 4.78. The second-order valence-electron chi connectivity index (χ2n) is 6.38. The maximum atomic E-state index is 12.6. The topological polar surface area (TPSA) is 70.2 Å². The van der Waals surface area contributed by atoms with Crippen LogP contribution in [0.2, 0.25) is 0 Å². The normalized spacial score (nSPS) is 11.1. The van der Waals surface area contributed by atoms with Crippen LogP contribution < -0.4 is 0 Å². The third kappa shape index (κ3) is 4.48. The molecule has 142 valence electrons. The lowest BCUT2D eigenvalue weighted by atomic mass is 10.1. The van der Waals surface area contributed by atoms with Gasteiger partial charge in [-0.05, 0) is 39.0 Å². The minimum atomic E-state index is 0.0480. The van der Waals surface area contributed by atoms with Crippen LogP contribution in [-0.4, -0.2) is 40.0 Å². The molecule has 7 heteroatoms. The van der Waals surface area contributed by atoms with Crippen LogP contribution in [0, 0.1) is 20.8 Å². The fourth-order valence-corrected chi connectivity index (χ4v) is 3.54. The first-order valence-corrected chi connectivity index (χ1v) is 9.70. The third-order valence-electron chi connectivity index (χ3n) is 4.42. The Morgan fingerprint density at radius 3 is 2.63 bits per heavy atom. The number of hydrogen-bond donors (Lipinski definition) is 0. The van der Waals surface area contributed by atoms with Crippen molar-refractivity contribution in [3.63, 3.8) is 0 Å². The van der Waals surface area contributed by atoms with Crippen LogP contribution in [0.4, 0.5) is 0 Å². The summed E-state index contributed by atoms with van der Waals surface area (Å²) in [5.74, 6) is 0.763. The largest absolute Gasteiger partial charge is 0.411 e. The van der Waals surface area contributed by atoms with E-state index >= 15 is 0 Å². The number of methoxy groups -OCH3 is 1. The molecule has 3 rings (SSSR count). The van der Waals surface area contributed by atoms with Gasteiger partial charge in [-0.25, -0.2) is 0 Å². The maximum absolute atomic E-state index is 12.6. The van der Waals surface area contributed by atoms with Gasteiger partial charge in [0.25, 0.3) is 5.22 Å². The molecule has 0 aliphatic carbocycles. The fraction of sp³-hybridized carbons (Fsp3) is 0.350. The molecule has 0 aliphatic rings. The van der Waals surface area contributed by atoms with Crippen LogP contribution in [0.1, 0.15) is 27.3 Å². The van der Waals surface area contributed by atoms with Crippen molar-refractivity contribution < 1.29 is 13.9 Å². The summed E-state index contributed by atoms with van der Waals surface area (Å²) in [6, 6.07) is 9.80. The van der Waals surface area contributed by atoms with Gasteiger partial charge in [0.15, 0.2) is 5.78 Å². The lowest BCUT2D eigenvalue weighted by molar-refractivity contribution is 0.102. The molecule has 0 amide bonds. The molecule has 0 N–H and O–H groups in total. The predicted molar refractivity (Wildman–Crippen MR) is 105 cm³/mol. The van der Waals surface area contributed by atoms with Crippen LogP contribution in [0.3, 0.4) is 0 Å². The Morgan fingerprint density at radius 2 is 1.93 bits per heavy atom. The summed E-state index contributed by atoms with van der Waals surface area (Å²) < 4.78 is 12.9. The molecule has 0 unspecified atom stereocenters. The van der Waals surface area contributed by atoms with Gasteiger partial charge < -0.3 is 13.7 Å². The van der Waals surface area contributed by atoms with E-state index < -0.39 is 0 Å². The van der Waals surface area contributed by atoms with Gasteiger partial charge in [0.2, 0.25) is 5.89 Å². The van der Waals surface area contributed by atoms with Gasteiger partial charge in [0.05, 0.1) is 12.4 Å². The average Bonchev–Trinajstić information content (AvgIpc) is 3.24. The number of aryl methyl sites for hydroxylation is 2. The minimum absolute atomic E-state index is 0.0480. The number of Topliss-reactive ketones (excluding diaryl/α,β-unsaturated/α-hetero) is 1. The van der Waals surface area contributed by atoms with Gasteiger partial charge in [0, 0.05) is 36.2 Å². The lowest BCUT2D eigenvalue weighted by Gasteiger charge is -2.08. The van der Waals surface area contributed by atoms with Crippen molar-refractivity contribution in [3.05, 3.63) is 52.8 Å². The van der Waals surface area contributed by atoms with Crippen molar-refractivity contribution in [2.24, 2.45) is 0 Å². The zero-order valence-electron chi connectivity index (χ0n) is 16.0. The Hall–Kier alpha value is -2.38. The lowest BCUT2D eigenvalue weighted by Crippen LogP contribution is -2.09. The smallest absolute Gasteiger partial charge is 0.277 e. The molecule has 0 fully saturated rings.